The molecule has 25 heavy (non-hydrogen) atoms. The second-order valence-corrected chi connectivity index (χ2v) is 6.12. The number of rotatable bonds is 9. The lowest BCUT2D eigenvalue weighted by atomic mass is 10.0. The predicted octanol–water partition coefficient (Wildman–Crippen LogP) is 2.58. The summed E-state index contributed by atoms with van der Waals surface area (Å²) in [7, 11) is 0. The molecule has 2 aromatic carbocycles. The van der Waals surface area contributed by atoms with Crippen molar-refractivity contribution in [3.63, 3.8) is 0 Å². The van der Waals surface area contributed by atoms with Crippen LogP contribution in [0.1, 0.15) is 23.6 Å². The molecule has 0 aliphatic rings. The van der Waals surface area contributed by atoms with Gasteiger partial charge in [0.25, 0.3) is 0 Å². The highest BCUT2D eigenvalue weighted by Crippen LogP contribution is 2.08. The Morgan fingerprint density at radius 2 is 1.72 bits per heavy atom. The number of carboxylic acid groups (broad SMARTS) is 1. The fourth-order valence-corrected chi connectivity index (χ4v) is 2.78. The normalized spacial score (nSPS) is 13.2. The largest absolute Gasteiger partial charge is 0.465 e. The van der Waals surface area contributed by atoms with Gasteiger partial charge in [-0.2, -0.15) is 0 Å². The molecule has 2 rings (SSSR count). The SMILES string of the molecule is CCc1cccc(CNC[C@H](O)[C@H](Cc2ccccc2)NC(=O)O)c1. The van der Waals surface area contributed by atoms with Gasteiger partial charge in [0.1, 0.15) is 0 Å². The minimum atomic E-state index is -1.13. The fourth-order valence-electron chi connectivity index (χ4n) is 2.78. The highest BCUT2D eigenvalue weighted by molar-refractivity contribution is 5.65. The van der Waals surface area contributed by atoms with E-state index in [4.69, 9.17) is 5.11 Å². The Labute approximate surface area is 148 Å². The van der Waals surface area contributed by atoms with Gasteiger partial charge >= 0.3 is 6.09 Å². The molecular formula is C20H26N2O3. The van der Waals surface area contributed by atoms with E-state index in [9.17, 15) is 9.90 Å². The minimum Gasteiger partial charge on any atom is -0.465 e. The summed E-state index contributed by atoms with van der Waals surface area (Å²) < 4.78 is 0. The zero-order chi connectivity index (χ0) is 18.1. The van der Waals surface area contributed by atoms with E-state index in [0.29, 0.717) is 19.5 Å². The van der Waals surface area contributed by atoms with E-state index < -0.39 is 18.2 Å². The number of hydrogen-bond donors (Lipinski definition) is 4. The van der Waals surface area contributed by atoms with Gasteiger partial charge in [0.15, 0.2) is 0 Å². The van der Waals surface area contributed by atoms with Crippen molar-refractivity contribution in [1.82, 2.24) is 10.6 Å². The third kappa shape index (κ3) is 6.57. The first kappa shape index (κ1) is 19.0. The van der Waals surface area contributed by atoms with Crippen LogP contribution in [0.5, 0.6) is 0 Å². The maximum Gasteiger partial charge on any atom is 0.404 e. The van der Waals surface area contributed by atoms with Gasteiger partial charge in [-0.1, -0.05) is 61.5 Å². The molecule has 0 aliphatic heterocycles. The summed E-state index contributed by atoms with van der Waals surface area (Å²) in [5, 5.41) is 25.1. The molecule has 0 unspecified atom stereocenters. The quantitative estimate of drug-likeness (QED) is 0.565. The van der Waals surface area contributed by atoms with Gasteiger partial charge in [0.2, 0.25) is 0 Å². The first-order valence-electron chi connectivity index (χ1n) is 8.58. The van der Waals surface area contributed by atoms with E-state index >= 15 is 0 Å². The van der Waals surface area contributed by atoms with E-state index in [1.54, 1.807) is 0 Å². The molecule has 5 nitrogen and oxygen atoms in total. The molecule has 4 N–H and O–H groups in total. The molecule has 2 aromatic rings. The van der Waals surface area contributed by atoms with Crippen LogP contribution >= 0.6 is 0 Å². The van der Waals surface area contributed by atoms with E-state index in [2.05, 4.69) is 29.7 Å². The van der Waals surface area contributed by atoms with Gasteiger partial charge in [-0.15, -0.1) is 0 Å². The summed E-state index contributed by atoms with van der Waals surface area (Å²) >= 11 is 0. The zero-order valence-corrected chi connectivity index (χ0v) is 14.5. The minimum absolute atomic E-state index is 0.314. The van der Waals surface area contributed by atoms with Crippen LogP contribution in [0.25, 0.3) is 0 Å². The summed E-state index contributed by atoms with van der Waals surface area (Å²) in [4.78, 5) is 11.0. The molecule has 0 radical (unpaired) electrons. The van der Waals surface area contributed by atoms with Crippen molar-refractivity contribution in [3.05, 3.63) is 71.3 Å². The number of benzene rings is 2. The third-order valence-corrected chi connectivity index (χ3v) is 4.15. The third-order valence-electron chi connectivity index (χ3n) is 4.15. The van der Waals surface area contributed by atoms with Crippen molar-refractivity contribution < 1.29 is 15.0 Å². The molecule has 0 saturated carbocycles. The number of aliphatic hydroxyl groups is 1. The number of hydrogen-bond acceptors (Lipinski definition) is 3. The van der Waals surface area contributed by atoms with E-state index in [1.807, 2.05) is 42.5 Å². The summed E-state index contributed by atoms with van der Waals surface area (Å²) in [6, 6.07) is 17.3. The molecule has 1 amide bonds. The Morgan fingerprint density at radius 1 is 1.04 bits per heavy atom. The lowest BCUT2D eigenvalue weighted by Gasteiger charge is -2.23. The Hall–Kier alpha value is -2.37. The van der Waals surface area contributed by atoms with Gasteiger partial charge < -0.3 is 20.8 Å². The smallest absolute Gasteiger partial charge is 0.404 e. The topological polar surface area (TPSA) is 81.6 Å². The van der Waals surface area contributed by atoms with Crippen molar-refractivity contribution >= 4 is 6.09 Å². The summed E-state index contributed by atoms with van der Waals surface area (Å²) in [5.41, 5.74) is 3.41. The fraction of sp³-hybridized carbons (Fsp3) is 0.350. The summed E-state index contributed by atoms with van der Waals surface area (Å²) in [5.74, 6) is 0. The van der Waals surface area contributed by atoms with Gasteiger partial charge in [0, 0.05) is 13.1 Å². The van der Waals surface area contributed by atoms with Gasteiger partial charge in [-0.25, -0.2) is 4.79 Å². The van der Waals surface area contributed by atoms with E-state index in [1.165, 1.54) is 5.56 Å². The van der Waals surface area contributed by atoms with Crippen LogP contribution in [0.3, 0.4) is 0 Å². The van der Waals surface area contributed by atoms with Crippen molar-refractivity contribution in [2.24, 2.45) is 0 Å². The second-order valence-electron chi connectivity index (χ2n) is 6.12. The van der Waals surface area contributed by atoms with Crippen molar-refractivity contribution in [2.45, 2.75) is 38.5 Å². The van der Waals surface area contributed by atoms with Gasteiger partial charge in [0.05, 0.1) is 12.1 Å². The van der Waals surface area contributed by atoms with E-state index in [-0.39, 0.29) is 0 Å². The molecule has 0 spiro atoms. The van der Waals surface area contributed by atoms with Crippen molar-refractivity contribution in [1.29, 1.82) is 0 Å². The number of carbonyl (C=O) groups is 1. The Morgan fingerprint density at radius 3 is 2.40 bits per heavy atom. The van der Waals surface area contributed by atoms with Crippen molar-refractivity contribution in [3.8, 4) is 0 Å². The molecule has 5 heteroatoms. The van der Waals surface area contributed by atoms with Crippen LogP contribution in [-0.2, 0) is 19.4 Å². The first-order chi connectivity index (χ1) is 12.1. The van der Waals surface area contributed by atoms with Crippen LogP contribution in [-0.4, -0.2) is 35.0 Å². The second kappa shape index (κ2) is 9.81. The average Bonchev–Trinajstić information content (AvgIpc) is 2.62. The highest BCUT2D eigenvalue weighted by atomic mass is 16.4. The molecule has 134 valence electrons. The lowest BCUT2D eigenvalue weighted by molar-refractivity contribution is 0.117. The molecule has 0 heterocycles. The Bertz CT molecular complexity index is 661. The number of aryl methyl sites for hydroxylation is 1. The highest BCUT2D eigenvalue weighted by Gasteiger charge is 2.21. The number of nitrogens with one attached hydrogen (secondary N) is 2. The standard InChI is InChI=1S/C20H26N2O3/c1-2-15-9-6-10-17(11-15)13-21-14-19(23)18(22-20(24)25)12-16-7-4-3-5-8-16/h3-11,18-19,21-23H,2,12-14H2,1H3,(H,24,25)/t18-,19-/m0/s1. The molecule has 0 fully saturated rings. The Balaban J connectivity index is 1.89. The Kier molecular flexibility index (Phi) is 7.44. The number of aliphatic hydroxyl groups excluding tert-OH is 1. The summed E-state index contributed by atoms with van der Waals surface area (Å²) in [6.07, 6.45) is -0.513. The van der Waals surface area contributed by atoms with Crippen LogP contribution in [0, 0.1) is 0 Å². The molecule has 0 aromatic heterocycles. The monoisotopic (exact) mass is 342 g/mol. The lowest BCUT2D eigenvalue weighted by Crippen LogP contribution is -2.48. The maximum absolute atomic E-state index is 11.0. The zero-order valence-electron chi connectivity index (χ0n) is 14.5. The average molecular weight is 342 g/mol. The van der Waals surface area contributed by atoms with Gasteiger partial charge in [-0.3, -0.25) is 0 Å². The molecule has 0 saturated heterocycles. The molecule has 2 atom stereocenters. The van der Waals surface area contributed by atoms with Crippen LogP contribution < -0.4 is 10.6 Å². The number of amides is 1. The van der Waals surface area contributed by atoms with Crippen LogP contribution in [0.15, 0.2) is 54.6 Å². The molecular weight excluding hydrogens is 316 g/mol. The molecule has 0 bridgehead atoms. The summed E-state index contributed by atoms with van der Waals surface area (Å²) in [6.45, 7) is 3.06. The van der Waals surface area contributed by atoms with Crippen LogP contribution in [0.4, 0.5) is 4.79 Å². The van der Waals surface area contributed by atoms with Crippen LogP contribution in [0.2, 0.25) is 0 Å². The molecule has 0 aliphatic carbocycles. The van der Waals surface area contributed by atoms with Crippen molar-refractivity contribution in [2.75, 3.05) is 6.54 Å². The van der Waals surface area contributed by atoms with Gasteiger partial charge in [-0.05, 0) is 29.5 Å². The predicted molar refractivity (Wildman–Crippen MR) is 98.6 cm³/mol. The first-order valence-corrected chi connectivity index (χ1v) is 8.58. The van der Waals surface area contributed by atoms with E-state index in [0.717, 1.165) is 17.5 Å². The maximum atomic E-state index is 11.0.